The summed E-state index contributed by atoms with van der Waals surface area (Å²) in [5.41, 5.74) is 0. The van der Waals surface area contributed by atoms with E-state index in [1.807, 2.05) is 0 Å². The van der Waals surface area contributed by atoms with Crippen LogP contribution in [0.15, 0.2) is 24.3 Å². The summed E-state index contributed by atoms with van der Waals surface area (Å²) in [6.45, 7) is 2.62. The molecule has 0 amide bonds. The van der Waals surface area contributed by atoms with Gasteiger partial charge in [0.1, 0.15) is 0 Å². The fourth-order valence-electron chi connectivity index (χ4n) is 2.28. The van der Waals surface area contributed by atoms with Crippen LogP contribution in [0.1, 0.15) is 90.4 Å². The molecule has 0 aliphatic carbocycles. The van der Waals surface area contributed by atoms with Gasteiger partial charge in [0.25, 0.3) is 0 Å². The molecule has 0 aliphatic heterocycles. The van der Waals surface area contributed by atoms with Gasteiger partial charge in [0.2, 0.25) is 0 Å². The second-order valence-electron chi connectivity index (χ2n) is 5.66. The average Bonchev–Trinajstić information content (AvgIpc) is 2.47. The number of hydrogen-bond acceptors (Lipinski definition) is 1. The third-order valence-corrected chi connectivity index (χ3v) is 3.61. The van der Waals surface area contributed by atoms with Gasteiger partial charge in [-0.2, -0.15) is 0 Å². The minimum absolute atomic E-state index is 0.356. The summed E-state index contributed by atoms with van der Waals surface area (Å²) in [4.78, 5) is 0. The molecule has 0 atom stereocenters. The molecule has 118 valence electrons. The fourth-order valence-corrected chi connectivity index (χ4v) is 2.28. The van der Waals surface area contributed by atoms with E-state index in [1.54, 1.807) is 0 Å². The minimum Gasteiger partial charge on any atom is -0.396 e. The molecule has 1 N–H and O–H groups in total. The first-order chi connectivity index (χ1) is 9.91. The van der Waals surface area contributed by atoms with Crippen molar-refractivity contribution in [3.63, 3.8) is 0 Å². The number of aliphatic hydroxyl groups excluding tert-OH is 1. The lowest BCUT2D eigenvalue weighted by atomic mass is 10.1. The van der Waals surface area contributed by atoms with Gasteiger partial charge in [0, 0.05) is 6.61 Å². The third-order valence-electron chi connectivity index (χ3n) is 3.61. The molecule has 0 bridgehead atoms. The number of rotatable bonds is 15. The molecule has 0 aromatic heterocycles. The molecule has 0 saturated heterocycles. The van der Waals surface area contributed by atoms with Crippen molar-refractivity contribution in [2.45, 2.75) is 90.4 Å². The van der Waals surface area contributed by atoms with Crippen LogP contribution in [0, 0.1) is 0 Å². The quantitative estimate of drug-likeness (QED) is 0.280. The smallest absolute Gasteiger partial charge is 0.0431 e. The average molecular weight is 280 g/mol. The van der Waals surface area contributed by atoms with Gasteiger partial charge in [-0.1, -0.05) is 76.2 Å². The molecule has 0 saturated carbocycles. The Morgan fingerprint density at radius 2 is 1.10 bits per heavy atom. The van der Waals surface area contributed by atoms with Gasteiger partial charge in [-0.25, -0.2) is 0 Å². The molecular formula is C19H36O. The largest absolute Gasteiger partial charge is 0.396 e. The van der Waals surface area contributed by atoms with E-state index >= 15 is 0 Å². The van der Waals surface area contributed by atoms with E-state index in [2.05, 4.69) is 31.2 Å². The standard InChI is InChI=1S/C19H36O/c1-2-3-4-5-6-7-8-9-10-11-12-13-14-15-16-17-18-19-20/h7-8,10-11,20H,2-6,9,12-19H2,1H3/b8-7-,11-10-. The molecule has 20 heavy (non-hydrogen) atoms. The second kappa shape index (κ2) is 18.4. The Hall–Kier alpha value is -0.560. The summed E-state index contributed by atoms with van der Waals surface area (Å²) in [6, 6.07) is 0. The second-order valence-corrected chi connectivity index (χ2v) is 5.66. The maximum Gasteiger partial charge on any atom is 0.0431 e. The van der Waals surface area contributed by atoms with Crippen LogP contribution in [-0.4, -0.2) is 11.7 Å². The van der Waals surface area contributed by atoms with Crippen molar-refractivity contribution in [3.8, 4) is 0 Å². The number of allylic oxidation sites excluding steroid dienone is 4. The lowest BCUT2D eigenvalue weighted by molar-refractivity contribution is 0.282. The van der Waals surface area contributed by atoms with Crippen molar-refractivity contribution < 1.29 is 5.11 Å². The zero-order valence-corrected chi connectivity index (χ0v) is 13.7. The van der Waals surface area contributed by atoms with Gasteiger partial charge in [-0.15, -0.1) is 0 Å². The molecule has 0 unspecified atom stereocenters. The molecule has 0 aromatic rings. The maximum absolute atomic E-state index is 8.67. The molecule has 1 heteroatoms. The van der Waals surface area contributed by atoms with E-state index in [-0.39, 0.29) is 0 Å². The van der Waals surface area contributed by atoms with Crippen molar-refractivity contribution in [1.82, 2.24) is 0 Å². The van der Waals surface area contributed by atoms with Crippen LogP contribution in [-0.2, 0) is 0 Å². The molecule has 0 aromatic carbocycles. The zero-order valence-electron chi connectivity index (χ0n) is 13.7. The first-order valence-corrected chi connectivity index (χ1v) is 8.82. The van der Waals surface area contributed by atoms with Gasteiger partial charge in [-0.05, 0) is 38.5 Å². The minimum atomic E-state index is 0.356. The van der Waals surface area contributed by atoms with Gasteiger partial charge in [-0.3, -0.25) is 0 Å². The molecule has 0 heterocycles. The van der Waals surface area contributed by atoms with Crippen LogP contribution in [0.25, 0.3) is 0 Å². The summed E-state index contributed by atoms with van der Waals surface area (Å²) in [5.74, 6) is 0. The van der Waals surface area contributed by atoms with E-state index in [0.717, 1.165) is 12.8 Å². The fraction of sp³-hybridized carbons (Fsp3) is 0.789. The third kappa shape index (κ3) is 17.4. The summed E-state index contributed by atoms with van der Waals surface area (Å²) in [6.07, 6.45) is 25.7. The van der Waals surface area contributed by atoms with Crippen LogP contribution >= 0.6 is 0 Å². The van der Waals surface area contributed by atoms with Crippen LogP contribution in [0.5, 0.6) is 0 Å². The lowest BCUT2D eigenvalue weighted by Crippen LogP contribution is -1.83. The highest BCUT2D eigenvalue weighted by Gasteiger charge is 1.89. The predicted molar refractivity (Wildman–Crippen MR) is 91.1 cm³/mol. The van der Waals surface area contributed by atoms with Crippen LogP contribution < -0.4 is 0 Å². The Kier molecular flexibility index (Phi) is 17.9. The highest BCUT2D eigenvalue weighted by molar-refractivity contribution is 4.92. The van der Waals surface area contributed by atoms with E-state index in [9.17, 15) is 0 Å². The Labute approximate surface area is 127 Å². The molecular weight excluding hydrogens is 244 g/mol. The highest BCUT2D eigenvalue weighted by Crippen LogP contribution is 2.07. The summed E-state index contributed by atoms with van der Waals surface area (Å²) < 4.78 is 0. The van der Waals surface area contributed by atoms with Crippen molar-refractivity contribution in [1.29, 1.82) is 0 Å². The maximum atomic E-state index is 8.67. The van der Waals surface area contributed by atoms with Crippen LogP contribution in [0.4, 0.5) is 0 Å². The topological polar surface area (TPSA) is 20.2 Å². The van der Waals surface area contributed by atoms with E-state index in [0.29, 0.717) is 6.61 Å². The van der Waals surface area contributed by atoms with Gasteiger partial charge in [0.05, 0.1) is 0 Å². The number of aliphatic hydroxyl groups is 1. The first kappa shape index (κ1) is 19.4. The Morgan fingerprint density at radius 1 is 0.600 bits per heavy atom. The van der Waals surface area contributed by atoms with Crippen molar-refractivity contribution in [2.75, 3.05) is 6.61 Å². The summed E-state index contributed by atoms with van der Waals surface area (Å²) in [5, 5.41) is 8.67. The SMILES string of the molecule is CCCCCC/C=C\C/C=C\CCCCCCCCO. The molecule has 0 fully saturated rings. The zero-order chi connectivity index (χ0) is 14.7. The van der Waals surface area contributed by atoms with Crippen LogP contribution in [0.2, 0.25) is 0 Å². The summed E-state index contributed by atoms with van der Waals surface area (Å²) >= 11 is 0. The van der Waals surface area contributed by atoms with Gasteiger partial charge < -0.3 is 5.11 Å². The normalized spacial score (nSPS) is 11.9. The first-order valence-electron chi connectivity index (χ1n) is 8.82. The van der Waals surface area contributed by atoms with Crippen molar-refractivity contribution >= 4 is 0 Å². The molecule has 1 nitrogen and oxygen atoms in total. The van der Waals surface area contributed by atoms with Crippen molar-refractivity contribution in [2.24, 2.45) is 0 Å². The molecule has 0 rings (SSSR count). The monoisotopic (exact) mass is 280 g/mol. The summed E-state index contributed by atoms with van der Waals surface area (Å²) in [7, 11) is 0. The van der Waals surface area contributed by atoms with E-state index in [4.69, 9.17) is 5.11 Å². The molecule has 0 aliphatic rings. The molecule has 0 spiro atoms. The Morgan fingerprint density at radius 3 is 1.65 bits per heavy atom. The van der Waals surface area contributed by atoms with E-state index in [1.165, 1.54) is 70.6 Å². The predicted octanol–water partition coefficient (Wildman–Crippen LogP) is 6.18. The van der Waals surface area contributed by atoms with Crippen molar-refractivity contribution in [3.05, 3.63) is 24.3 Å². The number of hydrogen-bond donors (Lipinski definition) is 1. The van der Waals surface area contributed by atoms with E-state index < -0.39 is 0 Å². The lowest BCUT2D eigenvalue weighted by Gasteiger charge is -1.98. The highest BCUT2D eigenvalue weighted by atomic mass is 16.2. The van der Waals surface area contributed by atoms with Crippen LogP contribution in [0.3, 0.4) is 0 Å². The Balaban J connectivity index is 3.13. The van der Waals surface area contributed by atoms with Gasteiger partial charge >= 0.3 is 0 Å². The number of unbranched alkanes of at least 4 members (excludes halogenated alkanes) is 10. The molecule has 0 radical (unpaired) electrons. The Bertz CT molecular complexity index is 218. The van der Waals surface area contributed by atoms with Gasteiger partial charge in [0.15, 0.2) is 0 Å².